The summed E-state index contributed by atoms with van der Waals surface area (Å²) in [5, 5.41) is 3.52. The molecule has 0 spiro atoms. The van der Waals surface area contributed by atoms with E-state index in [1.54, 1.807) is 0 Å². The van der Waals surface area contributed by atoms with Crippen molar-refractivity contribution in [3.8, 4) is 0 Å². The molecule has 2 aliphatic rings. The molecule has 1 aliphatic heterocycles. The van der Waals surface area contributed by atoms with E-state index in [0.29, 0.717) is 6.04 Å². The largest absolute Gasteiger partial charge is 0.331 e. The Morgan fingerprint density at radius 2 is 2.20 bits per heavy atom. The van der Waals surface area contributed by atoms with E-state index >= 15 is 0 Å². The minimum absolute atomic E-state index is 0.276. The molecule has 1 aromatic heterocycles. The standard InChI is InChI=1S/C17H29N3/c1-3-15(14-7-5-4-6-8-14)20-13-19-11-16(20)17(2)9-10-18-12-17/h11,13-15,18H,3-10,12H2,1-2H3. The van der Waals surface area contributed by atoms with E-state index in [4.69, 9.17) is 0 Å². The monoisotopic (exact) mass is 275 g/mol. The van der Waals surface area contributed by atoms with Gasteiger partial charge in [0.1, 0.15) is 0 Å². The average molecular weight is 275 g/mol. The van der Waals surface area contributed by atoms with E-state index in [1.165, 1.54) is 50.6 Å². The minimum Gasteiger partial charge on any atom is -0.331 e. The zero-order valence-electron chi connectivity index (χ0n) is 13.1. The van der Waals surface area contributed by atoms with Crippen molar-refractivity contribution in [1.29, 1.82) is 0 Å². The first-order chi connectivity index (χ1) is 9.74. The summed E-state index contributed by atoms with van der Waals surface area (Å²) in [6.07, 6.45) is 13.8. The summed E-state index contributed by atoms with van der Waals surface area (Å²) in [4.78, 5) is 4.51. The van der Waals surface area contributed by atoms with Crippen LogP contribution in [0.1, 0.15) is 70.5 Å². The van der Waals surface area contributed by atoms with Crippen LogP contribution < -0.4 is 5.32 Å². The van der Waals surface area contributed by atoms with E-state index < -0.39 is 0 Å². The Morgan fingerprint density at radius 1 is 1.40 bits per heavy atom. The predicted octanol–water partition coefficient (Wildman–Crippen LogP) is 3.67. The van der Waals surface area contributed by atoms with Gasteiger partial charge in [0, 0.05) is 29.9 Å². The Balaban J connectivity index is 1.86. The second kappa shape index (κ2) is 5.88. The fourth-order valence-electron chi connectivity index (χ4n) is 4.35. The van der Waals surface area contributed by atoms with Crippen LogP contribution in [0.3, 0.4) is 0 Å². The summed E-state index contributed by atoms with van der Waals surface area (Å²) < 4.78 is 2.53. The molecular formula is C17H29N3. The van der Waals surface area contributed by atoms with Crippen LogP contribution in [0.5, 0.6) is 0 Å². The topological polar surface area (TPSA) is 29.9 Å². The molecular weight excluding hydrogens is 246 g/mol. The van der Waals surface area contributed by atoms with Gasteiger partial charge in [-0.3, -0.25) is 0 Å². The number of nitrogens with one attached hydrogen (secondary N) is 1. The molecule has 20 heavy (non-hydrogen) atoms. The van der Waals surface area contributed by atoms with Crippen LogP contribution in [-0.4, -0.2) is 22.6 Å². The molecule has 3 nitrogen and oxygen atoms in total. The van der Waals surface area contributed by atoms with Crippen LogP contribution in [0.15, 0.2) is 12.5 Å². The van der Waals surface area contributed by atoms with Crippen LogP contribution in [0.4, 0.5) is 0 Å². The Morgan fingerprint density at radius 3 is 2.85 bits per heavy atom. The van der Waals surface area contributed by atoms with Crippen molar-refractivity contribution < 1.29 is 0 Å². The first-order valence-electron chi connectivity index (χ1n) is 8.47. The fourth-order valence-corrected chi connectivity index (χ4v) is 4.35. The number of rotatable bonds is 4. The summed E-state index contributed by atoms with van der Waals surface area (Å²) in [5.41, 5.74) is 1.73. The van der Waals surface area contributed by atoms with Crippen molar-refractivity contribution in [3.63, 3.8) is 0 Å². The molecule has 3 heteroatoms. The van der Waals surface area contributed by atoms with Gasteiger partial charge >= 0.3 is 0 Å². The van der Waals surface area contributed by atoms with Crippen molar-refractivity contribution in [1.82, 2.24) is 14.9 Å². The van der Waals surface area contributed by atoms with Gasteiger partial charge in [0.05, 0.1) is 6.33 Å². The minimum atomic E-state index is 0.276. The summed E-state index contributed by atoms with van der Waals surface area (Å²) in [5.74, 6) is 0.861. The van der Waals surface area contributed by atoms with Gasteiger partial charge in [0.15, 0.2) is 0 Å². The van der Waals surface area contributed by atoms with Crippen molar-refractivity contribution in [2.24, 2.45) is 5.92 Å². The van der Waals surface area contributed by atoms with Gasteiger partial charge in [-0.2, -0.15) is 0 Å². The number of nitrogens with zero attached hydrogens (tertiary/aromatic N) is 2. The first kappa shape index (κ1) is 14.1. The fraction of sp³-hybridized carbons (Fsp3) is 0.824. The smallest absolute Gasteiger partial charge is 0.0951 e. The van der Waals surface area contributed by atoms with E-state index in [-0.39, 0.29) is 5.41 Å². The molecule has 1 N–H and O–H groups in total. The normalized spacial score (nSPS) is 29.7. The predicted molar refractivity (Wildman–Crippen MR) is 83.0 cm³/mol. The summed E-state index contributed by atoms with van der Waals surface area (Å²) in [6.45, 7) is 6.98. The van der Waals surface area contributed by atoms with Gasteiger partial charge in [0.2, 0.25) is 0 Å². The third-order valence-corrected chi connectivity index (χ3v) is 5.62. The van der Waals surface area contributed by atoms with E-state index in [0.717, 1.165) is 19.0 Å². The van der Waals surface area contributed by atoms with Crippen LogP contribution in [0.25, 0.3) is 0 Å². The average Bonchev–Trinajstić information content (AvgIpc) is 3.11. The summed E-state index contributed by atoms with van der Waals surface area (Å²) >= 11 is 0. The molecule has 2 fully saturated rings. The van der Waals surface area contributed by atoms with Gasteiger partial charge < -0.3 is 9.88 Å². The van der Waals surface area contributed by atoms with E-state index in [2.05, 4.69) is 41.2 Å². The second-order valence-electron chi connectivity index (χ2n) is 7.05. The Bertz CT molecular complexity index is 425. The SMILES string of the molecule is CCC(C1CCCCC1)n1cncc1C1(C)CCNC1. The Hall–Kier alpha value is -0.830. The van der Waals surface area contributed by atoms with Crippen LogP contribution in [0.2, 0.25) is 0 Å². The Labute approximate surface area is 123 Å². The number of hydrogen-bond donors (Lipinski definition) is 1. The van der Waals surface area contributed by atoms with E-state index in [1.807, 2.05) is 0 Å². The highest BCUT2D eigenvalue weighted by Crippen LogP contribution is 2.38. The molecule has 0 aromatic carbocycles. The van der Waals surface area contributed by atoms with Gasteiger partial charge in [-0.05, 0) is 38.1 Å². The molecule has 2 unspecified atom stereocenters. The molecule has 2 atom stereocenters. The van der Waals surface area contributed by atoms with Crippen LogP contribution in [-0.2, 0) is 5.41 Å². The van der Waals surface area contributed by atoms with Gasteiger partial charge in [-0.1, -0.05) is 33.1 Å². The van der Waals surface area contributed by atoms with Crippen molar-refractivity contribution in [2.45, 2.75) is 70.3 Å². The molecule has 2 heterocycles. The lowest BCUT2D eigenvalue weighted by Crippen LogP contribution is -2.31. The van der Waals surface area contributed by atoms with Gasteiger partial charge in [-0.15, -0.1) is 0 Å². The van der Waals surface area contributed by atoms with Crippen LogP contribution in [0, 0.1) is 5.92 Å². The van der Waals surface area contributed by atoms with Crippen molar-refractivity contribution >= 4 is 0 Å². The highest BCUT2D eigenvalue weighted by Gasteiger charge is 2.35. The summed E-state index contributed by atoms with van der Waals surface area (Å²) in [7, 11) is 0. The zero-order chi connectivity index (χ0) is 14.0. The lowest BCUT2D eigenvalue weighted by Gasteiger charge is -2.34. The molecule has 1 saturated heterocycles. The maximum Gasteiger partial charge on any atom is 0.0951 e. The third-order valence-electron chi connectivity index (χ3n) is 5.62. The molecule has 112 valence electrons. The van der Waals surface area contributed by atoms with Crippen molar-refractivity contribution in [2.75, 3.05) is 13.1 Å². The molecule has 0 bridgehead atoms. The van der Waals surface area contributed by atoms with E-state index in [9.17, 15) is 0 Å². The molecule has 0 amide bonds. The number of imidazole rings is 1. The lowest BCUT2D eigenvalue weighted by molar-refractivity contribution is 0.233. The van der Waals surface area contributed by atoms with Crippen LogP contribution >= 0.6 is 0 Å². The molecule has 0 radical (unpaired) electrons. The van der Waals surface area contributed by atoms with Crippen molar-refractivity contribution in [3.05, 3.63) is 18.2 Å². The maximum absolute atomic E-state index is 4.51. The number of hydrogen-bond acceptors (Lipinski definition) is 2. The van der Waals surface area contributed by atoms with Gasteiger partial charge in [-0.25, -0.2) is 4.98 Å². The molecule has 1 saturated carbocycles. The molecule has 3 rings (SSSR count). The molecule has 1 aromatic rings. The lowest BCUT2D eigenvalue weighted by atomic mass is 9.81. The Kier molecular flexibility index (Phi) is 4.16. The summed E-state index contributed by atoms with van der Waals surface area (Å²) in [6, 6.07) is 0.658. The highest BCUT2D eigenvalue weighted by molar-refractivity contribution is 5.18. The maximum atomic E-state index is 4.51. The first-order valence-corrected chi connectivity index (χ1v) is 8.47. The zero-order valence-corrected chi connectivity index (χ0v) is 13.1. The number of aromatic nitrogens is 2. The highest BCUT2D eigenvalue weighted by atomic mass is 15.1. The van der Waals surface area contributed by atoms with Gasteiger partial charge in [0.25, 0.3) is 0 Å². The second-order valence-corrected chi connectivity index (χ2v) is 7.05. The quantitative estimate of drug-likeness (QED) is 0.908. The third kappa shape index (κ3) is 2.52. The molecule has 1 aliphatic carbocycles.